The highest BCUT2D eigenvalue weighted by molar-refractivity contribution is 6.04. The van der Waals surface area contributed by atoms with E-state index < -0.39 is 0 Å². The van der Waals surface area contributed by atoms with Crippen molar-refractivity contribution in [2.45, 2.75) is 26.2 Å². The summed E-state index contributed by atoms with van der Waals surface area (Å²) in [5.41, 5.74) is 2.69. The van der Waals surface area contributed by atoms with Crippen molar-refractivity contribution in [1.82, 2.24) is 4.98 Å². The molecule has 3 rings (SSSR count). The summed E-state index contributed by atoms with van der Waals surface area (Å²) in [5.74, 6) is 0. The van der Waals surface area contributed by atoms with Gasteiger partial charge in [-0.3, -0.25) is 0 Å². The largest absolute Gasteiger partial charge is 0.423 e. The van der Waals surface area contributed by atoms with Gasteiger partial charge in [0, 0.05) is 28.0 Å². The third-order valence-corrected chi connectivity index (χ3v) is 3.26. The molecule has 0 saturated heterocycles. The number of hydrogen-bond acceptors (Lipinski definition) is 2. The van der Waals surface area contributed by atoms with Crippen molar-refractivity contribution in [2.24, 2.45) is 0 Å². The molecule has 3 nitrogen and oxygen atoms in total. The maximum Gasteiger partial charge on any atom is 0.336 e. The van der Waals surface area contributed by atoms with Crippen LogP contribution in [0, 0.1) is 0 Å². The number of fused-ring (bicyclic) bond motifs is 3. The number of nitrogens with one attached hydrogen (secondary N) is 1. The van der Waals surface area contributed by atoms with Gasteiger partial charge in [-0.1, -0.05) is 13.3 Å². The number of benzene rings is 1. The SMILES string of the molecule is CCCCc1cc2c(ccc3oc(=O)ccc32)[nH]1. The van der Waals surface area contributed by atoms with Crippen LogP contribution in [0.25, 0.3) is 21.9 Å². The minimum Gasteiger partial charge on any atom is -0.423 e. The first-order valence-electron chi connectivity index (χ1n) is 6.32. The standard InChI is InChI=1S/C15H15NO2/c1-2-3-4-10-9-12-11-5-8-15(17)18-14(11)7-6-13(12)16-10/h5-9,16H,2-4H2,1H3. The topological polar surface area (TPSA) is 46.0 Å². The Balaban J connectivity index is 2.20. The minimum absolute atomic E-state index is 0.302. The molecule has 0 spiro atoms. The van der Waals surface area contributed by atoms with E-state index in [0.29, 0.717) is 5.58 Å². The molecular weight excluding hydrogens is 226 g/mol. The van der Waals surface area contributed by atoms with Crippen molar-refractivity contribution >= 4 is 21.9 Å². The van der Waals surface area contributed by atoms with Gasteiger partial charge in [0.25, 0.3) is 0 Å². The highest BCUT2D eigenvalue weighted by Crippen LogP contribution is 2.25. The van der Waals surface area contributed by atoms with Crippen LogP contribution in [-0.4, -0.2) is 4.98 Å². The van der Waals surface area contributed by atoms with Crippen molar-refractivity contribution in [3.63, 3.8) is 0 Å². The van der Waals surface area contributed by atoms with Crippen LogP contribution >= 0.6 is 0 Å². The van der Waals surface area contributed by atoms with Gasteiger partial charge in [-0.25, -0.2) is 4.79 Å². The van der Waals surface area contributed by atoms with Gasteiger partial charge in [0.05, 0.1) is 0 Å². The second kappa shape index (κ2) is 4.33. The van der Waals surface area contributed by atoms with Crippen molar-refractivity contribution < 1.29 is 4.42 Å². The minimum atomic E-state index is -0.302. The van der Waals surface area contributed by atoms with E-state index in [1.807, 2.05) is 18.2 Å². The summed E-state index contributed by atoms with van der Waals surface area (Å²) in [7, 11) is 0. The highest BCUT2D eigenvalue weighted by Gasteiger charge is 2.06. The van der Waals surface area contributed by atoms with E-state index in [0.717, 1.165) is 22.7 Å². The first-order chi connectivity index (χ1) is 8.78. The third kappa shape index (κ3) is 1.82. The molecule has 0 aliphatic carbocycles. The summed E-state index contributed by atoms with van der Waals surface area (Å²) in [6, 6.07) is 9.28. The normalized spacial score (nSPS) is 11.4. The molecule has 0 aliphatic heterocycles. The Morgan fingerprint density at radius 2 is 2.06 bits per heavy atom. The predicted molar refractivity (Wildman–Crippen MR) is 73.0 cm³/mol. The van der Waals surface area contributed by atoms with Gasteiger partial charge in [0.1, 0.15) is 5.58 Å². The molecule has 2 heterocycles. The fourth-order valence-corrected chi connectivity index (χ4v) is 2.32. The summed E-state index contributed by atoms with van der Waals surface area (Å²) in [6.45, 7) is 2.19. The zero-order valence-electron chi connectivity index (χ0n) is 10.3. The summed E-state index contributed by atoms with van der Waals surface area (Å²) in [4.78, 5) is 14.6. The van der Waals surface area contributed by atoms with Gasteiger partial charge in [-0.05, 0) is 37.1 Å². The van der Waals surface area contributed by atoms with Gasteiger partial charge < -0.3 is 9.40 Å². The molecule has 92 valence electrons. The van der Waals surface area contributed by atoms with E-state index in [-0.39, 0.29) is 5.63 Å². The number of hydrogen-bond donors (Lipinski definition) is 1. The quantitative estimate of drug-likeness (QED) is 0.712. The number of rotatable bonds is 3. The molecule has 0 radical (unpaired) electrons. The van der Waals surface area contributed by atoms with Crippen molar-refractivity contribution in [1.29, 1.82) is 0 Å². The number of aromatic nitrogens is 1. The van der Waals surface area contributed by atoms with Gasteiger partial charge in [-0.15, -0.1) is 0 Å². The lowest BCUT2D eigenvalue weighted by Crippen LogP contribution is -1.93. The average Bonchev–Trinajstić information content (AvgIpc) is 2.79. The van der Waals surface area contributed by atoms with Crippen molar-refractivity contribution in [2.75, 3.05) is 0 Å². The molecule has 0 unspecified atom stereocenters. The van der Waals surface area contributed by atoms with E-state index in [1.54, 1.807) is 0 Å². The van der Waals surface area contributed by atoms with Crippen LogP contribution in [0.1, 0.15) is 25.5 Å². The maximum absolute atomic E-state index is 11.2. The van der Waals surface area contributed by atoms with Crippen LogP contribution in [0.15, 0.2) is 39.5 Å². The van der Waals surface area contributed by atoms with E-state index in [1.165, 1.54) is 24.6 Å². The number of H-pyrrole nitrogens is 1. The Labute approximate surface area is 104 Å². The second-order valence-corrected chi connectivity index (χ2v) is 4.59. The van der Waals surface area contributed by atoms with Crippen LogP contribution in [0.2, 0.25) is 0 Å². The van der Waals surface area contributed by atoms with Crippen LogP contribution < -0.4 is 5.63 Å². The van der Waals surface area contributed by atoms with Crippen molar-refractivity contribution in [3.8, 4) is 0 Å². The van der Waals surface area contributed by atoms with Crippen LogP contribution in [0.4, 0.5) is 0 Å². The van der Waals surface area contributed by atoms with Gasteiger partial charge in [0.2, 0.25) is 0 Å². The lowest BCUT2D eigenvalue weighted by Gasteiger charge is -1.96. The Hall–Kier alpha value is -2.03. The molecule has 2 aromatic heterocycles. The smallest absolute Gasteiger partial charge is 0.336 e. The first-order valence-corrected chi connectivity index (χ1v) is 6.32. The number of aromatic amines is 1. The Kier molecular flexibility index (Phi) is 2.67. The number of aryl methyl sites for hydroxylation is 1. The summed E-state index contributed by atoms with van der Waals surface area (Å²) in [5, 5.41) is 2.12. The van der Waals surface area contributed by atoms with Crippen LogP contribution in [0.5, 0.6) is 0 Å². The van der Waals surface area contributed by atoms with Gasteiger partial charge >= 0.3 is 5.63 Å². The molecule has 0 aliphatic rings. The van der Waals surface area contributed by atoms with E-state index in [9.17, 15) is 4.79 Å². The molecule has 3 heteroatoms. The number of unbranched alkanes of at least 4 members (excludes halogenated alkanes) is 1. The second-order valence-electron chi connectivity index (χ2n) is 4.59. The molecule has 0 atom stereocenters. The van der Waals surface area contributed by atoms with Crippen LogP contribution in [-0.2, 0) is 6.42 Å². The molecule has 0 bridgehead atoms. The third-order valence-electron chi connectivity index (χ3n) is 3.26. The van der Waals surface area contributed by atoms with E-state index in [4.69, 9.17) is 4.42 Å². The van der Waals surface area contributed by atoms with Gasteiger partial charge in [0.15, 0.2) is 0 Å². The molecule has 3 aromatic rings. The summed E-state index contributed by atoms with van der Waals surface area (Å²) in [6.07, 6.45) is 3.42. The monoisotopic (exact) mass is 241 g/mol. The Morgan fingerprint density at radius 1 is 1.17 bits per heavy atom. The molecule has 0 saturated carbocycles. The predicted octanol–water partition coefficient (Wildman–Crippen LogP) is 3.62. The lowest BCUT2D eigenvalue weighted by molar-refractivity contribution is 0.561. The molecular formula is C15H15NO2. The summed E-state index contributed by atoms with van der Waals surface area (Å²) < 4.78 is 5.19. The van der Waals surface area contributed by atoms with Gasteiger partial charge in [-0.2, -0.15) is 0 Å². The zero-order valence-corrected chi connectivity index (χ0v) is 10.3. The molecule has 0 amide bonds. The fourth-order valence-electron chi connectivity index (χ4n) is 2.32. The fraction of sp³-hybridized carbons (Fsp3) is 0.267. The molecule has 18 heavy (non-hydrogen) atoms. The Morgan fingerprint density at radius 3 is 2.89 bits per heavy atom. The summed E-state index contributed by atoms with van der Waals surface area (Å²) >= 11 is 0. The van der Waals surface area contributed by atoms with Crippen molar-refractivity contribution in [3.05, 3.63) is 46.4 Å². The molecule has 1 N–H and O–H groups in total. The van der Waals surface area contributed by atoms with Crippen LogP contribution in [0.3, 0.4) is 0 Å². The molecule has 0 fully saturated rings. The maximum atomic E-state index is 11.2. The lowest BCUT2D eigenvalue weighted by atomic mass is 10.1. The molecule has 1 aromatic carbocycles. The average molecular weight is 241 g/mol. The van der Waals surface area contributed by atoms with E-state index >= 15 is 0 Å². The zero-order chi connectivity index (χ0) is 12.5. The highest BCUT2D eigenvalue weighted by atomic mass is 16.4. The van der Waals surface area contributed by atoms with E-state index in [2.05, 4.69) is 18.0 Å². The Bertz CT molecular complexity index is 752. The first kappa shape index (κ1) is 11.1.